The molecule has 3 rings (SSSR count). The molecule has 0 aromatic heterocycles. The van der Waals surface area contributed by atoms with Gasteiger partial charge in [-0.1, -0.05) is 24.6 Å². The molecule has 0 N–H and O–H groups in total. The van der Waals surface area contributed by atoms with E-state index >= 15 is 0 Å². The second kappa shape index (κ2) is 9.22. The summed E-state index contributed by atoms with van der Waals surface area (Å²) >= 11 is 1.55. The van der Waals surface area contributed by atoms with Crippen molar-refractivity contribution in [3.05, 3.63) is 54.1 Å². The van der Waals surface area contributed by atoms with Crippen molar-refractivity contribution in [2.45, 2.75) is 36.5 Å². The maximum atomic E-state index is 13.4. The van der Waals surface area contributed by atoms with Crippen molar-refractivity contribution >= 4 is 33.4 Å². The van der Waals surface area contributed by atoms with Gasteiger partial charge in [-0.25, -0.2) is 8.42 Å². The lowest BCUT2D eigenvalue weighted by atomic mass is 10.0. The largest absolute Gasteiger partial charge is 0.341 e. The molecule has 7 heteroatoms. The van der Waals surface area contributed by atoms with Crippen LogP contribution in [-0.2, 0) is 14.8 Å². The first kappa shape index (κ1) is 21.7. The van der Waals surface area contributed by atoms with Crippen molar-refractivity contribution in [3.63, 3.8) is 0 Å². The average Bonchev–Trinajstić information content (AvgIpc) is 2.72. The van der Waals surface area contributed by atoms with E-state index in [2.05, 4.69) is 6.92 Å². The molecule has 1 heterocycles. The molecule has 2 aromatic rings. The van der Waals surface area contributed by atoms with Crippen LogP contribution in [0.5, 0.6) is 0 Å². The number of piperidine rings is 1. The number of rotatable bonds is 6. The number of aryl methyl sites for hydroxylation is 1. The summed E-state index contributed by atoms with van der Waals surface area (Å²) in [6, 6.07) is 14.0. The van der Waals surface area contributed by atoms with E-state index in [1.165, 1.54) is 4.31 Å². The minimum Gasteiger partial charge on any atom is -0.341 e. The molecule has 1 aliphatic rings. The highest BCUT2D eigenvalue weighted by Gasteiger charge is 2.30. The summed E-state index contributed by atoms with van der Waals surface area (Å²) in [4.78, 5) is 16.0. The Morgan fingerprint density at radius 3 is 2.38 bits per heavy atom. The smallest absolute Gasteiger partial charge is 0.264 e. The number of anilines is 1. The van der Waals surface area contributed by atoms with Crippen LogP contribution in [0.25, 0.3) is 0 Å². The summed E-state index contributed by atoms with van der Waals surface area (Å²) in [5.41, 5.74) is 1.54. The van der Waals surface area contributed by atoms with Crippen LogP contribution in [0.1, 0.15) is 25.3 Å². The number of carbonyl (C=O) groups is 1. The number of amides is 1. The average molecular weight is 433 g/mol. The van der Waals surface area contributed by atoms with Gasteiger partial charge in [0.1, 0.15) is 6.54 Å². The molecule has 156 valence electrons. The van der Waals surface area contributed by atoms with Gasteiger partial charge in [-0.2, -0.15) is 0 Å². The van der Waals surface area contributed by atoms with E-state index < -0.39 is 10.0 Å². The van der Waals surface area contributed by atoms with Gasteiger partial charge in [0.25, 0.3) is 10.0 Å². The second-order valence-electron chi connectivity index (χ2n) is 7.61. The summed E-state index contributed by atoms with van der Waals surface area (Å²) in [6.07, 6.45) is 4.01. The SMILES string of the molecule is CSc1ccc(S(=O)(=O)N(CC(=O)N2CCC[C@@H](C)C2)c2ccc(C)cc2)cc1. The molecule has 0 radical (unpaired) electrons. The van der Waals surface area contributed by atoms with Crippen LogP contribution >= 0.6 is 11.8 Å². The normalized spacial score (nSPS) is 17.2. The molecule has 1 atom stereocenters. The number of thioether (sulfide) groups is 1. The Morgan fingerprint density at radius 1 is 1.14 bits per heavy atom. The molecular weight excluding hydrogens is 404 g/mol. The molecule has 0 spiro atoms. The Kier molecular flexibility index (Phi) is 6.90. The van der Waals surface area contributed by atoms with Gasteiger partial charge in [0.2, 0.25) is 5.91 Å². The standard InChI is InChI=1S/C22H28N2O3S2/c1-17-6-8-19(9-7-17)24(16-22(25)23-14-4-5-18(2)15-23)29(26,27)21-12-10-20(28-3)11-13-21/h6-13,18H,4-5,14-16H2,1-3H3/t18-/m1/s1. The third-order valence-electron chi connectivity index (χ3n) is 5.26. The Morgan fingerprint density at radius 2 is 1.79 bits per heavy atom. The summed E-state index contributed by atoms with van der Waals surface area (Å²) < 4.78 is 28.1. The van der Waals surface area contributed by atoms with Crippen molar-refractivity contribution in [1.82, 2.24) is 4.90 Å². The number of carbonyl (C=O) groups excluding carboxylic acids is 1. The van der Waals surface area contributed by atoms with Crippen molar-refractivity contribution in [2.75, 3.05) is 30.2 Å². The molecule has 0 unspecified atom stereocenters. The molecule has 0 bridgehead atoms. The van der Waals surface area contributed by atoms with Crippen LogP contribution in [0.2, 0.25) is 0 Å². The second-order valence-corrected chi connectivity index (χ2v) is 10.4. The lowest BCUT2D eigenvalue weighted by Crippen LogP contribution is -2.46. The Balaban J connectivity index is 1.93. The maximum Gasteiger partial charge on any atom is 0.264 e. The van der Waals surface area contributed by atoms with Crippen LogP contribution in [0.3, 0.4) is 0 Å². The monoisotopic (exact) mass is 432 g/mol. The van der Waals surface area contributed by atoms with Crippen LogP contribution in [0, 0.1) is 12.8 Å². The summed E-state index contributed by atoms with van der Waals surface area (Å²) in [7, 11) is -3.86. The van der Waals surface area contributed by atoms with Crippen molar-refractivity contribution in [1.29, 1.82) is 0 Å². The van der Waals surface area contributed by atoms with Crippen molar-refractivity contribution in [2.24, 2.45) is 5.92 Å². The molecule has 5 nitrogen and oxygen atoms in total. The van der Waals surface area contributed by atoms with Crippen LogP contribution < -0.4 is 4.31 Å². The van der Waals surface area contributed by atoms with E-state index in [4.69, 9.17) is 0 Å². The number of hydrogen-bond acceptors (Lipinski definition) is 4. The predicted molar refractivity (Wildman–Crippen MR) is 119 cm³/mol. The van der Waals surface area contributed by atoms with Crippen molar-refractivity contribution < 1.29 is 13.2 Å². The zero-order valence-electron chi connectivity index (χ0n) is 17.2. The minimum atomic E-state index is -3.86. The number of likely N-dealkylation sites (tertiary alicyclic amines) is 1. The molecule has 1 fully saturated rings. The molecular formula is C22H28N2O3S2. The summed E-state index contributed by atoms with van der Waals surface area (Å²) in [5, 5.41) is 0. The molecule has 1 saturated heterocycles. The molecule has 2 aromatic carbocycles. The quantitative estimate of drug-likeness (QED) is 0.643. The zero-order chi connectivity index (χ0) is 21.0. The van der Waals surface area contributed by atoms with E-state index in [0.29, 0.717) is 24.7 Å². The number of benzene rings is 2. The molecule has 29 heavy (non-hydrogen) atoms. The van der Waals surface area contributed by atoms with Crippen LogP contribution in [-0.4, -0.2) is 45.1 Å². The minimum absolute atomic E-state index is 0.151. The lowest BCUT2D eigenvalue weighted by Gasteiger charge is -2.33. The van der Waals surface area contributed by atoms with Crippen LogP contribution in [0.4, 0.5) is 5.69 Å². The van der Waals surface area contributed by atoms with Gasteiger partial charge < -0.3 is 4.90 Å². The van der Waals surface area contributed by atoms with E-state index in [-0.39, 0.29) is 17.3 Å². The highest BCUT2D eigenvalue weighted by Crippen LogP contribution is 2.26. The van der Waals surface area contributed by atoms with E-state index in [1.807, 2.05) is 25.3 Å². The maximum absolute atomic E-state index is 13.4. The zero-order valence-corrected chi connectivity index (χ0v) is 18.8. The third-order valence-corrected chi connectivity index (χ3v) is 7.79. The Labute approximate surface area is 178 Å². The molecule has 1 amide bonds. The van der Waals surface area contributed by atoms with Gasteiger partial charge in [-0.05, 0) is 68.3 Å². The lowest BCUT2D eigenvalue weighted by molar-refractivity contribution is -0.131. The topological polar surface area (TPSA) is 57.7 Å². The number of sulfonamides is 1. The third kappa shape index (κ3) is 5.14. The van der Waals surface area contributed by atoms with Gasteiger partial charge in [-0.15, -0.1) is 11.8 Å². The fourth-order valence-electron chi connectivity index (χ4n) is 3.54. The Hall–Kier alpha value is -1.99. The van der Waals surface area contributed by atoms with Crippen molar-refractivity contribution in [3.8, 4) is 0 Å². The number of nitrogens with zero attached hydrogens (tertiary/aromatic N) is 2. The Bertz CT molecular complexity index is 941. The first-order chi connectivity index (χ1) is 13.8. The molecule has 0 aliphatic carbocycles. The predicted octanol–water partition coefficient (Wildman–Crippen LogP) is 4.17. The first-order valence-corrected chi connectivity index (χ1v) is 12.5. The van der Waals surface area contributed by atoms with Gasteiger partial charge >= 0.3 is 0 Å². The molecule has 0 saturated carbocycles. The summed E-state index contributed by atoms with van der Waals surface area (Å²) in [6.45, 7) is 5.25. The van der Waals surface area contributed by atoms with Gasteiger partial charge in [0, 0.05) is 18.0 Å². The van der Waals surface area contributed by atoms with E-state index in [9.17, 15) is 13.2 Å². The van der Waals surface area contributed by atoms with Gasteiger partial charge in [0.15, 0.2) is 0 Å². The van der Waals surface area contributed by atoms with Crippen LogP contribution in [0.15, 0.2) is 58.3 Å². The first-order valence-electron chi connectivity index (χ1n) is 9.82. The highest BCUT2D eigenvalue weighted by molar-refractivity contribution is 7.98. The van der Waals surface area contributed by atoms with E-state index in [0.717, 1.165) is 23.3 Å². The summed E-state index contributed by atoms with van der Waals surface area (Å²) in [5.74, 6) is 0.289. The fourth-order valence-corrected chi connectivity index (χ4v) is 5.36. The molecule has 1 aliphatic heterocycles. The highest BCUT2D eigenvalue weighted by atomic mass is 32.2. The van der Waals surface area contributed by atoms with Gasteiger partial charge in [-0.3, -0.25) is 9.10 Å². The fraction of sp³-hybridized carbons (Fsp3) is 0.409. The number of hydrogen-bond donors (Lipinski definition) is 0. The van der Waals surface area contributed by atoms with E-state index in [1.54, 1.807) is 53.1 Å². The van der Waals surface area contributed by atoms with Gasteiger partial charge in [0.05, 0.1) is 10.6 Å².